The molecule has 0 unspecified atom stereocenters. The van der Waals surface area contributed by atoms with E-state index in [0.717, 1.165) is 0 Å². The number of nitrogens with two attached hydrogens (primary N) is 1. The molecule has 0 aliphatic carbocycles. The molecule has 0 saturated heterocycles. The second kappa shape index (κ2) is 5.89. The Labute approximate surface area is 137 Å². The molecule has 0 amide bonds. The van der Waals surface area contributed by atoms with Crippen LogP contribution in [0.5, 0.6) is 0 Å². The van der Waals surface area contributed by atoms with Crippen LogP contribution in [-0.4, -0.2) is 0 Å². The highest BCUT2D eigenvalue weighted by Crippen LogP contribution is 2.40. The van der Waals surface area contributed by atoms with Crippen LogP contribution >= 0.6 is 0 Å². The average Bonchev–Trinajstić information content (AvgIpc) is 2.51. The zero-order chi connectivity index (χ0) is 19.4. The second-order valence-electron chi connectivity index (χ2n) is 6.30. The molecule has 25 heavy (non-hydrogen) atoms. The van der Waals surface area contributed by atoms with Crippen molar-refractivity contribution in [1.29, 1.82) is 0 Å². The van der Waals surface area contributed by atoms with E-state index < -0.39 is 74.3 Å². The van der Waals surface area contributed by atoms with Crippen molar-refractivity contribution in [3.05, 3.63) is 52.1 Å². The van der Waals surface area contributed by atoms with E-state index in [-0.39, 0.29) is 0 Å². The lowest BCUT2D eigenvalue weighted by Gasteiger charge is -2.23. The lowest BCUT2D eigenvalue weighted by Crippen LogP contribution is -2.20. The molecule has 0 aromatic heterocycles. The van der Waals surface area contributed by atoms with Crippen molar-refractivity contribution >= 4 is 5.69 Å². The molecule has 0 aliphatic heterocycles. The van der Waals surface area contributed by atoms with Crippen LogP contribution in [0, 0.1) is 46.5 Å². The molecule has 0 radical (unpaired) electrons. The summed E-state index contributed by atoms with van der Waals surface area (Å²) in [4.78, 5) is 0. The number of rotatable bonds is 1. The second-order valence-corrected chi connectivity index (χ2v) is 6.30. The van der Waals surface area contributed by atoms with Gasteiger partial charge in [-0.2, -0.15) is 0 Å². The summed E-state index contributed by atoms with van der Waals surface area (Å²) in [5, 5.41) is 0. The minimum atomic E-state index is -2.28. The monoisotopic (exact) mass is 369 g/mol. The molecule has 0 atom stereocenters. The molecular weight excluding hydrogens is 358 g/mol. The molecule has 0 fully saturated rings. The predicted octanol–water partition coefficient (Wildman–Crippen LogP) is 5.35. The minimum Gasteiger partial charge on any atom is -0.394 e. The molecule has 136 valence electrons. The molecule has 0 aliphatic rings. The summed E-state index contributed by atoms with van der Waals surface area (Å²) in [6, 6.07) is 0. The SMILES string of the molecule is CC(C)(C)c1c(F)c(F)c(-c2c(F)c(F)c(N)c(F)c2F)c(F)c1F. The smallest absolute Gasteiger partial charge is 0.185 e. The van der Waals surface area contributed by atoms with Crippen LogP contribution in [0.25, 0.3) is 11.1 Å². The van der Waals surface area contributed by atoms with Gasteiger partial charge in [-0.3, -0.25) is 0 Å². The van der Waals surface area contributed by atoms with Gasteiger partial charge in [-0.25, -0.2) is 35.1 Å². The maximum atomic E-state index is 14.3. The van der Waals surface area contributed by atoms with E-state index in [1.165, 1.54) is 20.8 Å². The highest BCUT2D eigenvalue weighted by Gasteiger charge is 2.36. The van der Waals surface area contributed by atoms with Gasteiger partial charge in [-0.15, -0.1) is 0 Å². The summed E-state index contributed by atoms with van der Waals surface area (Å²) < 4.78 is 112. The van der Waals surface area contributed by atoms with E-state index in [0.29, 0.717) is 0 Å². The first kappa shape index (κ1) is 19.0. The van der Waals surface area contributed by atoms with E-state index >= 15 is 0 Å². The van der Waals surface area contributed by atoms with E-state index in [9.17, 15) is 35.1 Å². The first-order chi connectivity index (χ1) is 11.3. The topological polar surface area (TPSA) is 26.0 Å². The third-order valence-corrected chi connectivity index (χ3v) is 3.56. The van der Waals surface area contributed by atoms with Crippen molar-refractivity contribution < 1.29 is 35.1 Å². The maximum absolute atomic E-state index is 14.3. The number of halogens is 8. The average molecular weight is 369 g/mol. The summed E-state index contributed by atoms with van der Waals surface area (Å²) in [7, 11) is 0. The van der Waals surface area contributed by atoms with Gasteiger partial charge in [0.15, 0.2) is 46.5 Å². The fourth-order valence-corrected chi connectivity index (χ4v) is 2.38. The van der Waals surface area contributed by atoms with E-state index in [1.54, 1.807) is 0 Å². The molecule has 0 heterocycles. The van der Waals surface area contributed by atoms with Gasteiger partial charge in [0.05, 0.1) is 11.1 Å². The Morgan fingerprint density at radius 1 is 0.520 bits per heavy atom. The van der Waals surface area contributed by atoms with Crippen LogP contribution in [-0.2, 0) is 5.41 Å². The van der Waals surface area contributed by atoms with Gasteiger partial charge in [0, 0.05) is 5.56 Å². The Morgan fingerprint density at radius 2 is 0.800 bits per heavy atom. The van der Waals surface area contributed by atoms with Crippen LogP contribution in [0.1, 0.15) is 26.3 Å². The highest BCUT2D eigenvalue weighted by molar-refractivity contribution is 5.70. The van der Waals surface area contributed by atoms with Crippen molar-refractivity contribution in [2.24, 2.45) is 0 Å². The third-order valence-electron chi connectivity index (χ3n) is 3.56. The van der Waals surface area contributed by atoms with Gasteiger partial charge >= 0.3 is 0 Å². The molecule has 2 aromatic carbocycles. The van der Waals surface area contributed by atoms with Crippen LogP contribution in [0.2, 0.25) is 0 Å². The fraction of sp³-hybridized carbons (Fsp3) is 0.250. The van der Waals surface area contributed by atoms with Crippen molar-refractivity contribution in [3.63, 3.8) is 0 Å². The molecule has 1 nitrogen and oxygen atoms in total. The zero-order valence-electron chi connectivity index (χ0n) is 13.1. The summed E-state index contributed by atoms with van der Waals surface area (Å²) in [6.07, 6.45) is 0. The van der Waals surface area contributed by atoms with Gasteiger partial charge < -0.3 is 5.73 Å². The van der Waals surface area contributed by atoms with Gasteiger partial charge in [-0.05, 0) is 5.41 Å². The summed E-state index contributed by atoms with van der Waals surface area (Å²) in [5.74, 6) is -17.1. The van der Waals surface area contributed by atoms with Crippen molar-refractivity contribution in [2.75, 3.05) is 5.73 Å². The number of hydrogen-bond donors (Lipinski definition) is 1. The molecule has 2 rings (SSSR count). The number of nitrogen functional groups attached to an aromatic ring is 1. The van der Waals surface area contributed by atoms with Crippen LogP contribution < -0.4 is 5.73 Å². The van der Waals surface area contributed by atoms with Crippen LogP contribution in [0.3, 0.4) is 0 Å². The van der Waals surface area contributed by atoms with Crippen LogP contribution in [0.15, 0.2) is 0 Å². The van der Waals surface area contributed by atoms with Crippen molar-refractivity contribution in [3.8, 4) is 11.1 Å². The van der Waals surface area contributed by atoms with Crippen LogP contribution in [0.4, 0.5) is 40.8 Å². The number of anilines is 1. The normalized spacial score (nSPS) is 12.0. The molecule has 0 saturated carbocycles. The van der Waals surface area contributed by atoms with Gasteiger partial charge in [0.1, 0.15) is 5.69 Å². The standard InChI is InChI=1S/C16H11F8N/c1-16(2,3)6-11(21)7(17)4(8(18)12(6)22)5-9(19)13(23)15(25)14(24)10(5)20/h25H2,1-3H3. The molecular formula is C16H11F8N. The quantitative estimate of drug-likeness (QED) is 0.410. The third kappa shape index (κ3) is 2.71. The number of hydrogen-bond acceptors (Lipinski definition) is 1. The zero-order valence-corrected chi connectivity index (χ0v) is 13.1. The summed E-state index contributed by atoms with van der Waals surface area (Å²) in [5.41, 5.74) is -3.07. The molecule has 0 spiro atoms. The van der Waals surface area contributed by atoms with Gasteiger partial charge in [-0.1, -0.05) is 20.8 Å². The molecule has 9 heteroatoms. The minimum absolute atomic E-state index is 1.02. The molecule has 2 N–H and O–H groups in total. The van der Waals surface area contributed by atoms with E-state index in [2.05, 4.69) is 0 Å². The Hall–Kier alpha value is -2.32. The largest absolute Gasteiger partial charge is 0.394 e. The molecule has 2 aromatic rings. The first-order valence-electron chi connectivity index (χ1n) is 6.80. The number of benzene rings is 2. The fourth-order valence-electron chi connectivity index (χ4n) is 2.38. The summed E-state index contributed by atoms with van der Waals surface area (Å²) >= 11 is 0. The van der Waals surface area contributed by atoms with Crippen molar-refractivity contribution in [2.45, 2.75) is 26.2 Å². The van der Waals surface area contributed by atoms with Gasteiger partial charge in [0.2, 0.25) is 0 Å². The van der Waals surface area contributed by atoms with E-state index in [1.807, 2.05) is 0 Å². The highest BCUT2D eigenvalue weighted by atomic mass is 19.2. The summed E-state index contributed by atoms with van der Waals surface area (Å²) in [6.45, 7) is 3.70. The van der Waals surface area contributed by atoms with Gasteiger partial charge in [0.25, 0.3) is 0 Å². The lowest BCUT2D eigenvalue weighted by molar-refractivity contribution is 0.404. The Balaban J connectivity index is 3.03. The predicted molar refractivity (Wildman–Crippen MR) is 74.7 cm³/mol. The lowest BCUT2D eigenvalue weighted by atomic mass is 9.84. The van der Waals surface area contributed by atoms with Crippen molar-refractivity contribution in [1.82, 2.24) is 0 Å². The Bertz CT molecular complexity index is 825. The Morgan fingerprint density at radius 3 is 1.08 bits per heavy atom. The maximum Gasteiger partial charge on any atom is 0.185 e. The Kier molecular flexibility index (Phi) is 4.48. The first-order valence-corrected chi connectivity index (χ1v) is 6.80. The van der Waals surface area contributed by atoms with E-state index in [4.69, 9.17) is 5.73 Å². The molecule has 0 bridgehead atoms.